The zero-order valence-electron chi connectivity index (χ0n) is 8.59. The molecule has 1 atom stereocenters. The molecule has 2 N–H and O–H groups in total. The SMILES string of the molecule is CC1(C)NC(=O)CC1NC(=O)C1CC1. The van der Waals surface area contributed by atoms with Crippen LogP contribution in [0, 0.1) is 5.92 Å². The van der Waals surface area contributed by atoms with Gasteiger partial charge in [0.25, 0.3) is 0 Å². The van der Waals surface area contributed by atoms with Crippen molar-refractivity contribution in [3.8, 4) is 0 Å². The van der Waals surface area contributed by atoms with Crippen molar-refractivity contribution < 1.29 is 9.59 Å². The van der Waals surface area contributed by atoms with E-state index in [9.17, 15) is 9.59 Å². The Balaban J connectivity index is 1.96. The fourth-order valence-corrected chi connectivity index (χ4v) is 1.80. The van der Waals surface area contributed by atoms with E-state index in [1.165, 1.54) is 0 Å². The van der Waals surface area contributed by atoms with Gasteiger partial charge in [-0.25, -0.2) is 0 Å². The van der Waals surface area contributed by atoms with E-state index in [1.54, 1.807) is 0 Å². The fraction of sp³-hybridized carbons (Fsp3) is 0.800. The van der Waals surface area contributed by atoms with Crippen LogP contribution in [0.1, 0.15) is 33.1 Å². The maximum Gasteiger partial charge on any atom is 0.223 e. The molecule has 78 valence electrons. The maximum absolute atomic E-state index is 11.5. The third-order valence-electron chi connectivity index (χ3n) is 2.99. The van der Waals surface area contributed by atoms with Crippen LogP contribution in [0.15, 0.2) is 0 Å². The second-order valence-corrected chi connectivity index (χ2v) is 4.81. The van der Waals surface area contributed by atoms with Gasteiger partial charge in [0.05, 0.1) is 11.6 Å². The first-order valence-electron chi connectivity index (χ1n) is 5.10. The number of rotatable bonds is 2. The Morgan fingerprint density at radius 2 is 2.14 bits per heavy atom. The first-order chi connectivity index (χ1) is 6.49. The lowest BCUT2D eigenvalue weighted by Crippen LogP contribution is -2.51. The van der Waals surface area contributed by atoms with Crippen LogP contribution < -0.4 is 10.6 Å². The predicted molar refractivity (Wildman–Crippen MR) is 51.5 cm³/mol. The first kappa shape index (κ1) is 9.49. The average molecular weight is 196 g/mol. The molecule has 0 aromatic rings. The van der Waals surface area contributed by atoms with Gasteiger partial charge < -0.3 is 10.6 Å². The molecule has 2 amide bonds. The molecule has 1 unspecified atom stereocenters. The number of nitrogens with one attached hydrogen (secondary N) is 2. The van der Waals surface area contributed by atoms with Crippen LogP contribution in [0.5, 0.6) is 0 Å². The molecular weight excluding hydrogens is 180 g/mol. The van der Waals surface area contributed by atoms with Crippen LogP contribution in [-0.4, -0.2) is 23.4 Å². The van der Waals surface area contributed by atoms with Gasteiger partial charge in [0, 0.05) is 12.3 Å². The molecule has 2 fully saturated rings. The molecule has 1 saturated heterocycles. The molecule has 0 spiro atoms. The van der Waals surface area contributed by atoms with Crippen LogP contribution in [0.2, 0.25) is 0 Å². The van der Waals surface area contributed by atoms with Gasteiger partial charge in [-0.1, -0.05) is 0 Å². The molecule has 1 heterocycles. The summed E-state index contributed by atoms with van der Waals surface area (Å²) in [5.74, 6) is 0.345. The minimum absolute atomic E-state index is 0.0242. The van der Waals surface area contributed by atoms with Gasteiger partial charge >= 0.3 is 0 Å². The Bertz CT molecular complexity index is 282. The Hall–Kier alpha value is -1.06. The van der Waals surface area contributed by atoms with Gasteiger partial charge in [-0.05, 0) is 26.7 Å². The summed E-state index contributed by atoms with van der Waals surface area (Å²) in [4.78, 5) is 22.7. The number of hydrogen-bond donors (Lipinski definition) is 2. The molecule has 4 nitrogen and oxygen atoms in total. The van der Waals surface area contributed by atoms with Crippen molar-refractivity contribution in [1.29, 1.82) is 0 Å². The van der Waals surface area contributed by atoms with E-state index in [0.717, 1.165) is 12.8 Å². The van der Waals surface area contributed by atoms with Gasteiger partial charge in [-0.3, -0.25) is 9.59 Å². The van der Waals surface area contributed by atoms with Gasteiger partial charge in [-0.15, -0.1) is 0 Å². The molecule has 1 saturated carbocycles. The quantitative estimate of drug-likeness (QED) is 0.662. The van der Waals surface area contributed by atoms with E-state index in [4.69, 9.17) is 0 Å². The standard InChI is InChI=1S/C10H16N2O2/c1-10(2)7(5-8(13)12-10)11-9(14)6-3-4-6/h6-7H,3-5H2,1-2H3,(H,11,14)(H,12,13). The van der Waals surface area contributed by atoms with Gasteiger partial charge in [0.1, 0.15) is 0 Å². The summed E-state index contributed by atoms with van der Waals surface area (Å²) in [6.07, 6.45) is 2.41. The second-order valence-electron chi connectivity index (χ2n) is 4.81. The first-order valence-corrected chi connectivity index (χ1v) is 5.10. The summed E-state index contributed by atoms with van der Waals surface area (Å²) >= 11 is 0. The van der Waals surface area contributed by atoms with Gasteiger partial charge in [-0.2, -0.15) is 0 Å². The van der Waals surface area contributed by atoms with Gasteiger partial charge in [0.2, 0.25) is 11.8 Å². The largest absolute Gasteiger partial charge is 0.350 e. The highest BCUT2D eigenvalue weighted by Crippen LogP contribution is 2.30. The van der Waals surface area contributed by atoms with E-state index in [1.807, 2.05) is 13.8 Å². The molecule has 0 bridgehead atoms. The molecule has 2 aliphatic rings. The van der Waals surface area contributed by atoms with Crippen LogP contribution in [0.4, 0.5) is 0 Å². The third kappa shape index (κ3) is 1.74. The normalized spacial score (nSPS) is 29.9. The minimum Gasteiger partial charge on any atom is -0.350 e. The molecule has 0 aromatic carbocycles. The van der Waals surface area contributed by atoms with Crippen LogP contribution in [-0.2, 0) is 9.59 Å². The third-order valence-corrected chi connectivity index (χ3v) is 2.99. The molecule has 1 aliphatic heterocycles. The van der Waals surface area contributed by atoms with Crippen LogP contribution in [0.25, 0.3) is 0 Å². The van der Waals surface area contributed by atoms with Crippen molar-refractivity contribution in [2.75, 3.05) is 0 Å². The van der Waals surface area contributed by atoms with Gasteiger partial charge in [0.15, 0.2) is 0 Å². The Morgan fingerprint density at radius 1 is 1.50 bits per heavy atom. The molecule has 0 radical (unpaired) electrons. The topological polar surface area (TPSA) is 58.2 Å². The average Bonchev–Trinajstić information content (AvgIpc) is 2.80. The number of carbonyl (C=O) groups is 2. The Morgan fingerprint density at radius 3 is 2.57 bits per heavy atom. The van der Waals surface area contributed by atoms with E-state index in [-0.39, 0.29) is 29.3 Å². The lowest BCUT2D eigenvalue weighted by atomic mass is 9.97. The van der Waals surface area contributed by atoms with Crippen LogP contribution in [0.3, 0.4) is 0 Å². The maximum atomic E-state index is 11.5. The van der Waals surface area contributed by atoms with Crippen molar-refractivity contribution in [2.45, 2.75) is 44.7 Å². The number of carbonyl (C=O) groups excluding carboxylic acids is 2. The predicted octanol–water partition coefficient (Wildman–Crippen LogP) is 0.180. The fourth-order valence-electron chi connectivity index (χ4n) is 1.80. The van der Waals surface area contributed by atoms with Crippen molar-refractivity contribution in [3.63, 3.8) is 0 Å². The lowest BCUT2D eigenvalue weighted by Gasteiger charge is -2.27. The Kier molecular flexibility index (Phi) is 2.01. The monoisotopic (exact) mass is 196 g/mol. The molecular formula is C10H16N2O2. The zero-order valence-corrected chi connectivity index (χ0v) is 8.59. The summed E-state index contributed by atoms with van der Waals surface area (Å²) in [5, 5.41) is 5.79. The molecule has 0 aromatic heterocycles. The van der Waals surface area contributed by atoms with Crippen molar-refractivity contribution in [1.82, 2.24) is 10.6 Å². The minimum atomic E-state index is -0.304. The second kappa shape index (κ2) is 2.97. The summed E-state index contributed by atoms with van der Waals surface area (Å²) in [6, 6.07) is -0.0527. The highest BCUT2D eigenvalue weighted by Gasteiger charge is 2.41. The number of amides is 2. The molecule has 4 heteroatoms. The van der Waals surface area contributed by atoms with E-state index in [0.29, 0.717) is 6.42 Å². The molecule has 1 aliphatic carbocycles. The van der Waals surface area contributed by atoms with Crippen molar-refractivity contribution >= 4 is 11.8 Å². The summed E-state index contributed by atoms with van der Waals surface area (Å²) in [6.45, 7) is 3.88. The summed E-state index contributed by atoms with van der Waals surface area (Å²) in [7, 11) is 0. The highest BCUT2D eigenvalue weighted by atomic mass is 16.2. The van der Waals surface area contributed by atoms with Crippen molar-refractivity contribution in [3.05, 3.63) is 0 Å². The van der Waals surface area contributed by atoms with Crippen LogP contribution >= 0.6 is 0 Å². The van der Waals surface area contributed by atoms with E-state index in [2.05, 4.69) is 10.6 Å². The van der Waals surface area contributed by atoms with Crippen molar-refractivity contribution in [2.24, 2.45) is 5.92 Å². The number of hydrogen-bond acceptors (Lipinski definition) is 2. The molecule has 2 rings (SSSR count). The zero-order chi connectivity index (χ0) is 10.3. The molecule has 14 heavy (non-hydrogen) atoms. The highest BCUT2D eigenvalue weighted by molar-refractivity contribution is 5.85. The van der Waals surface area contributed by atoms with E-state index >= 15 is 0 Å². The summed E-state index contributed by atoms with van der Waals surface area (Å²) < 4.78 is 0. The smallest absolute Gasteiger partial charge is 0.223 e. The Labute approximate surface area is 83.4 Å². The summed E-state index contributed by atoms with van der Waals surface area (Å²) in [5.41, 5.74) is -0.304. The lowest BCUT2D eigenvalue weighted by molar-refractivity contribution is -0.123. The van der Waals surface area contributed by atoms with E-state index < -0.39 is 0 Å².